The molecule has 0 spiro atoms. The Kier molecular flexibility index (Phi) is 4.16. The fraction of sp³-hybridized carbons (Fsp3) is 0.692. The number of hydrogen-bond donors (Lipinski definition) is 3. The molecule has 0 amide bonds. The van der Waals surface area contributed by atoms with E-state index in [0.717, 1.165) is 19.5 Å². The van der Waals surface area contributed by atoms with Crippen molar-refractivity contribution in [2.24, 2.45) is 5.73 Å². The third kappa shape index (κ3) is 4.37. The van der Waals surface area contributed by atoms with E-state index in [-0.39, 0.29) is 11.0 Å². The fourth-order valence-electron chi connectivity index (χ4n) is 1.66. The van der Waals surface area contributed by atoms with Crippen molar-refractivity contribution in [1.29, 1.82) is 0 Å². The molecule has 1 rings (SSSR count). The van der Waals surface area contributed by atoms with E-state index < -0.39 is 0 Å². The maximum atomic E-state index is 5.93. The van der Waals surface area contributed by atoms with Crippen LogP contribution in [0.25, 0.3) is 0 Å². The highest BCUT2D eigenvalue weighted by molar-refractivity contribution is 5.15. The number of aromatic amines is 1. The Morgan fingerprint density at radius 1 is 1.31 bits per heavy atom. The normalized spacial score (nSPS) is 13.1. The van der Waals surface area contributed by atoms with Gasteiger partial charge in [0.05, 0.1) is 0 Å². The molecule has 3 heteroatoms. The molecule has 4 N–H and O–H groups in total. The molecular formula is C13H25N3. The molecule has 0 saturated heterocycles. The summed E-state index contributed by atoms with van der Waals surface area (Å²) in [6, 6.07) is 4.18. The predicted octanol–water partition coefficient (Wildman–Crippen LogP) is 2.01. The molecule has 0 saturated carbocycles. The molecule has 1 aromatic heterocycles. The minimum atomic E-state index is -0.0798. The van der Waals surface area contributed by atoms with E-state index in [9.17, 15) is 0 Å². The summed E-state index contributed by atoms with van der Waals surface area (Å²) in [7, 11) is 0. The van der Waals surface area contributed by atoms with E-state index in [0.29, 0.717) is 0 Å². The van der Waals surface area contributed by atoms with Crippen molar-refractivity contribution in [3.8, 4) is 0 Å². The fourth-order valence-corrected chi connectivity index (χ4v) is 1.66. The van der Waals surface area contributed by atoms with Gasteiger partial charge in [-0.2, -0.15) is 0 Å². The minimum Gasteiger partial charge on any atom is -0.365 e. The Labute approximate surface area is 98.8 Å². The van der Waals surface area contributed by atoms with Crippen LogP contribution in [0.5, 0.6) is 0 Å². The van der Waals surface area contributed by atoms with Crippen molar-refractivity contribution < 1.29 is 0 Å². The maximum Gasteiger partial charge on any atom is 0.0217 e. The van der Waals surface area contributed by atoms with E-state index in [4.69, 9.17) is 5.73 Å². The average Bonchev–Trinajstić information content (AvgIpc) is 2.64. The summed E-state index contributed by atoms with van der Waals surface area (Å²) in [5.41, 5.74) is 7.27. The molecule has 0 aliphatic heterocycles. The topological polar surface area (TPSA) is 53.8 Å². The van der Waals surface area contributed by atoms with E-state index in [1.54, 1.807) is 0 Å². The van der Waals surface area contributed by atoms with Crippen LogP contribution in [-0.4, -0.2) is 23.6 Å². The SMILES string of the molecule is CC(C)(N)CCNCC(C)(C)c1ccc[nH]1. The van der Waals surface area contributed by atoms with Crippen LogP contribution in [0.3, 0.4) is 0 Å². The van der Waals surface area contributed by atoms with Gasteiger partial charge in [0, 0.05) is 29.4 Å². The van der Waals surface area contributed by atoms with Gasteiger partial charge in [0.2, 0.25) is 0 Å². The van der Waals surface area contributed by atoms with Crippen LogP contribution in [-0.2, 0) is 5.41 Å². The average molecular weight is 223 g/mol. The molecule has 0 unspecified atom stereocenters. The van der Waals surface area contributed by atoms with Gasteiger partial charge in [-0.25, -0.2) is 0 Å². The van der Waals surface area contributed by atoms with Crippen molar-refractivity contribution in [2.75, 3.05) is 13.1 Å². The van der Waals surface area contributed by atoms with Crippen molar-refractivity contribution in [2.45, 2.75) is 45.1 Å². The van der Waals surface area contributed by atoms with Crippen molar-refractivity contribution >= 4 is 0 Å². The van der Waals surface area contributed by atoms with Crippen molar-refractivity contribution in [3.05, 3.63) is 24.0 Å². The van der Waals surface area contributed by atoms with Crippen LogP contribution in [0.15, 0.2) is 18.3 Å². The van der Waals surface area contributed by atoms with Gasteiger partial charge in [-0.05, 0) is 38.9 Å². The maximum absolute atomic E-state index is 5.93. The van der Waals surface area contributed by atoms with E-state index >= 15 is 0 Å². The summed E-state index contributed by atoms with van der Waals surface area (Å²) in [5.74, 6) is 0. The summed E-state index contributed by atoms with van der Waals surface area (Å²) in [4.78, 5) is 3.27. The number of H-pyrrole nitrogens is 1. The molecule has 0 fully saturated rings. The monoisotopic (exact) mass is 223 g/mol. The van der Waals surface area contributed by atoms with Crippen LogP contribution in [0, 0.1) is 0 Å². The molecule has 0 bridgehead atoms. The van der Waals surface area contributed by atoms with Crippen LogP contribution in [0.1, 0.15) is 39.8 Å². The van der Waals surface area contributed by atoms with Gasteiger partial charge < -0.3 is 16.0 Å². The summed E-state index contributed by atoms with van der Waals surface area (Å²) < 4.78 is 0. The molecule has 1 aromatic rings. The molecule has 92 valence electrons. The van der Waals surface area contributed by atoms with E-state index in [1.165, 1.54) is 5.69 Å². The minimum absolute atomic E-state index is 0.0798. The standard InChI is InChI=1S/C13H25N3/c1-12(2,11-6-5-8-16-11)10-15-9-7-13(3,4)14/h5-6,8,15-16H,7,9-10,14H2,1-4H3. The predicted molar refractivity (Wildman–Crippen MR) is 69.6 cm³/mol. The molecule has 16 heavy (non-hydrogen) atoms. The summed E-state index contributed by atoms with van der Waals surface area (Å²) in [6.07, 6.45) is 2.97. The van der Waals surface area contributed by atoms with Gasteiger partial charge in [-0.1, -0.05) is 13.8 Å². The number of nitrogens with two attached hydrogens (primary N) is 1. The molecule has 0 atom stereocenters. The summed E-state index contributed by atoms with van der Waals surface area (Å²) >= 11 is 0. The first-order valence-corrected chi connectivity index (χ1v) is 5.95. The van der Waals surface area contributed by atoms with Crippen molar-refractivity contribution in [1.82, 2.24) is 10.3 Å². The molecule has 1 heterocycles. The number of nitrogens with one attached hydrogen (secondary N) is 2. The number of aromatic nitrogens is 1. The molecule has 0 aliphatic carbocycles. The highest BCUT2D eigenvalue weighted by Gasteiger charge is 2.21. The van der Waals surface area contributed by atoms with Gasteiger partial charge in [0.1, 0.15) is 0 Å². The van der Waals surface area contributed by atoms with E-state index in [1.807, 2.05) is 12.3 Å². The lowest BCUT2D eigenvalue weighted by Gasteiger charge is -2.25. The first-order chi connectivity index (χ1) is 7.31. The Morgan fingerprint density at radius 3 is 2.50 bits per heavy atom. The van der Waals surface area contributed by atoms with Gasteiger partial charge in [-0.15, -0.1) is 0 Å². The summed E-state index contributed by atoms with van der Waals surface area (Å²) in [5, 5.41) is 3.47. The molecule has 0 radical (unpaired) electrons. The zero-order valence-electron chi connectivity index (χ0n) is 10.9. The van der Waals surface area contributed by atoms with Gasteiger partial charge in [0.15, 0.2) is 0 Å². The Balaban J connectivity index is 2.32. The molecule has 0 aromatic carbocycles. The lowest BCUT2D eigenvalue weighted by molar-refractivity contribution is 0.414. The largest absolute Gasteiger partial charge is 0.365 e. The van der Waals surface area contributed by atoms with Gasteiger partial charge >= 0.3 is 0 Å². The zero-order chi connectivity index (χ0) is 12.2. The molecule has 3 nitrogen and oxygen atoms in total. The highest BCUT2D eigenvalue weighted by atomic mass is 14.9. The van der Waals surface area contributed by atoms with Gasteiger partial charge in [-0.3, -0.25) is 0 Å². The number of rotatable bonds is 6. The first kappa shape index (κ1) is 13.3. The second-order valence-electron chi connectivity index (χ2n) is 5.88. The van der Waals surface area contributed by atoms with Crippen LogP contribution < -0.4 is 11.1 Å². The highest BCUT2D eigenvalue weighted by Crippen LogP contribution is 2.19. The Morgan fingerprint density at radius 2 is 2.00 bits per heavy atom. The van der Waals surface area contributed by atoms with Crippen LogP contribution in [0.2, 0.25) is 0 Å². The van der Waals surface area contributed by atoms with Crippen LogP contribution >= 0.6 is 0 Å². The molecular weight excluding hydrogens is 198 g/mol. The zero-order valence-corrected chi connectivity index (χ0v) is 10.9. The number of hydrogen-bond acceptors (Lipinski definition) is 2. The summed E-state index contributed by atoms with van der Waals surface area (Å²) in [6.45, 7) is 10.5. The van der Waals surface area contributed by atoms with E-state index in [2.05, 4.69) is 44.1 Å². The second kappa shape index (κ2) is 5.02. The lowest BCUT2D eigenvalue weighted by atomic mass is 9.89. The third-order valence-electron chi connectivity index (χ3n) is 2.84. The lowest BCUT2D eigenvalue weighted by Crippen LogP contribution is -2.39. The Hall–Kier alpha value is -0.800. The molecule has 0 aliphatic rings. The van der Waals surface area contributed by atoms with Gasteiger partial charge in [0.25, 0.3) is 0 Å². The smallest absolute Gasteiger partial charge is 0.0217 e. The Bertz CT molecular complexity index is 293. The first-order valence-electron chi connectivity index (χ1n) is 5.95. The van der Waals surface area contributed by atoms with Crippen LogP contribution in [0.4, 0.5) is 0 Å². The second-order valence-corrected chi connectivity index (χ2v) is 5.88. The third-order valence-corrected chi connectivity index (χ3v) is 2.84. The quantitative estimate of drug-likeness (QED) is 0.646. The van der Waals surface area contributed by atoms with Crippen molar-refractivity contribution in [3.63, 3.8) is 0 Å².